The molecule has 0 radical (unpaired) electrons. The molecule has 0 fully saturated rings. The number of rotatable bonds is 9. The van der Waals surface area contributed by atoms with Gasteiger partial charge in [0.2, 0.25) is 0 Å². The molecule has 6 heteroatoms. The summed E-state index contributed by atoms with van der Waals surface area (Å²) in [5.41, 5.74) is 2.30. The maximum Gasteiger partial charge on any atom is 0.254 e. The zero-order valence-electron chi connectivity index (χ0n) is 16.3. The summed E-state index contributed by atoms with van der Waals surface area (Å²) >= 11 is 0. The molecule has 0 N–H and O–H groups in total. The Kier molecular flexibility index (Phi) is 7.06. The summed E-state index contributed by atoms with van der Waals surface area (Å²) in [5, 5.41) is 3.94. The van der Waals surface area contributed by atoms with Crippen molar-refractivity contribution in [1.29, 1.82) is 0 Å². The molecule has 0 saturated heterocycles. The molecule has 0 aliphatic carbocycles. The van der Waals surface area contributed by atoms with E-state index in [-0.39, 0.29) is 5.91 Å². The van der Waals surface area contributed by atoms with E-state index in [1.54, 1.807) is 30.1 Å². The van der Waals surface area contributed by atoms with Gasteiger partial charge in [0.05, 0.1) is 25.5 Å². The lowest BCUT2D eigenvalue weighted by Gasteiger charge is -2.19. The van der Waals surface area contributed by atoms with Crippen LogP contribution < -0.4 is 9.47 Å². The number of hydrogen-bond acceptors (Lipinski definition) is 5. The Bertz CT molecular complexity index is 720. The number of carbonyl (C=O) groups is 1. The van der Waals surface area contributed by atoms with Crippen molar-refractivity contribution in [2.75, 3.05) is 20.3 Å². The van der Waals surface area contributed by atoms with Crippen LogP contribution in [0.5, 0.6) is 11.5 Å². The van der Waals surface area contributed by atoms with Gasteiger partial charge in [-0.25, -0.2) is 0 Å². The molecule has 1 aromatic carbocycles. The van der Waals surface area contributed by atoms with Crippen LogP contribution in [0.3, 0.4) is 0 Å². The number of hydrogen-bond donors (Lipinski definition) is 0. The number of aryl methyl sites for hydroxylation is 2. The third-order valence-electron chi connectivity index (χ3n) is 4.04. The lowest BCUT2D eigenvalue weighted by atomic mass is 10.1. The van der Waals surface area contributed by atoms with Gasteiger partial charge in [-0.3, -0.25) is 4.79 Å². The van der Waals surface area contributed by atoms with Crippen molar-refractivity contribution in [2.45, 2.75) is 47.1 Å². The van der Waals surface area contributed by atoms with Crippen molar-refractivity contribution in [2.24, 2.45) is 0 Å². The number of nitrogens with zero attached hydrogens (tertiary/aromatic N) is 2. The molecule has 142 valence electrons. The predicted octanol–water partition coefficient (Wildman–Crippen LogP) is 4.14. The number of carbonyl (C=O) groups excluding carboxylic acids is 1. The van der Waals surface area contributed by atoms with E-state index in [2.05, 4.69) is 5.16 Å². The third kappa shape index (κ3) is 4.77. The van der Waals surface area contributed by atoms with Crippen LogP contribution in [0.4, 0.5) is 0 Å². The summed E-state index contributed by atoms with van der Waals surface area (Å²) in [6.07, 6.45) is 1.80. The van der Waals surface area contributed by atoms with Gasteiger partial charge in [-0.05, 0) is 44.9 Å². The highest BCUT2D eigenvalue weighted by molar-refractivity contribution is 5.94. The summed E-state index contributed by atoms with van der Waals surface area (Å²) in [6, 6.07) is 5.33. The molecule has 1 amide bonds. The lowest BCUT2D eigenvalue weighted by molar-refractivity contribution is 0.0784. The molecule has 2 rings (SSSR count). The van der Waals surface area contributed by atoms with Gasteiger partial charge in [-0.1, -0.05) is 19.0 Å². The molecule has 6 nitrogen and oxygen atoms in total. The van der Waals surface area contributed by atoms with Crippen molar-refractivity contribution in [1.82, 2.24) is 10.1 Å². The Balaban J connectivity index is 2.18. The minimum atomic E-state index is -0.0895. The van der Waals surface area contributed by atoms with Crippen LogP contribution in [-0.2, 0) is 6.54 Å². The van der Waals surface area contributed by atoms with Crippen molar-refractivity contribution in [3.8, 4) is 11.5 Å². The van der Waals surface area contributed by atoms with Crippen LogP contribution in [0.1, 0.15) is 54.1 Å². The fourth-order valence-electron chi connectivity index (χ4n) is 2.55. The molecule has 0 atom stereocenters. The van der Waals surface area contributed by atoms with Crippen LogP contribution >= 0.6 is 0 Å². The Hall–Kier alpha value is -2.50. The second-order valence-electron chi connectivity index (χ2n) is 6.32. The lowest BCUT2D eigenvalue weighted by Crippen LogP contribution is -2.26. The highest BCUT2D eigenvalue weighted by atomic mass is 16.5. The predicted molar refractivity (Wildman–Crippen MR) is 99.8 cm³/mol. The molecule has 0 aliphatic heterocycles. The zero-order valence-corrected chi connectivity index (χ0v) is 16.3. The first kappa shape index (κ1) is 19.8. The molecule has 0 aliphatic rings. The Morgan fingerprint density at radius 1 is 1.12 bits per heavy atom. The largest absolute Gasteiger partial charge is 0.490 e. The van der Waals surface area contributed by atoms with E-state index in [1.165, 1.54) is 0 Å². The Morgan fingerprint density at radius 2 is 1.77 bits per heavy atom. The molecule has 2 aromatic rings. The normalized spacial score (nSPS) is 10.7. The van der Waals surface area contributed by atoms with E-state index in [9.17, 15) is 4.79 Å². The van der Waals surface area contributed by atoms with Crippen LogP contribution in [0.25, 0.3) is 0 Å². The second kappa shape index (κ2) is 9.27. The first-order chi connectivity index (χ1) is 12.5. The van der Waals surface area contributed by atoms with Gasteiger partial charge in [0, 0.05) is 18.2 Å². The molecule has 26 heavy (non-hydrogen) atoms. The molecule has 1 heterocycles. The fraction of sp³-hybridized carbons (Fsp3) is 0.500. The monoisotopic (exact) mass is 360 g/mol. The molecule has 0 saturated carbocycles. The SMILES string of the molecule is CCCOc1ccc(C(=O)N(C)Cc2c(C)noc2C)cc1OCCC. The molecule has 0 bridgehead atoms. The molecular weight excluding hydrogens is 332 g/mol. The molecule has 0 unspecified atom stereocenters. The van der Waals surface area contributed by atoms with Gasteiger partial charge in [-0.15, -0.1) is 0 Å². The van der Waals surface area contributed by atoms with Gasteiger partial charge in [-0.2, -0.15) is 0 Å². The van der Waals surface area contributed by atoms with E-state index in [0.29, 0.717) is 36.8 Å². The van der Waals surface area contributed by atoms with E-state index in [4.69, 9.17) is 14.0 Å². The smallest absolute Gasteiger partial charge is 0.254 e. The average molecular weight is 360 g/mol. The van der Waals surface area contributed by atoms with Crippen LogP contribution in [-0.4, -0.2) is 36.2 Å². The molecule has 0 spiro atoms. The van der Waals surface area contributed by atoms with Crippen LogP contribution in [0.15, 0.2) is 22.7 Å². The maximum absolute atomic E-state index is 12.8. The van der Waals surface area contributed by atoms with Gasteiger partial charge < -0.3 is 18.9 Å². The van der Waals surface area contributed by atoms with Crippen molar-refractivity contribution < 1.29 is 18.8 Å². The summed E-state index contributed by atoms with van der Waals surface area (Å²) in [4.78, 5) is 14.5. The van der Waals surface area contributed by atoms with Crippen molar-refractivity contribution in [3.05, 3.63) is 40.8 Å². The van der Waals surface area contributed by atoms with Gasteiger partial charge >= 0.3 is 0 Å². The van der Waals surface area contributed by atoms with Crippen LogP contribution in [0, 0.1) is 13.8 Å². The highest BCUT2D eigenvalue weighted by Crippen LogP contribution is 2.29. The summed E-state index contributed by atoms with van der Waals surface area (Å²) in [6.45, 7) is 9.45. The Morgan fingerprint density at radius 3 is 2.35 bits per heavy atom. The summed E-state index contributed by atoms with van der Waals surface area (Å²) in [5.74, 6) is 1.92. The minimum absolute atomic E-state index is 0.0895. The molecule has 1 aromatic heterocycles. The second-order valence-corrected chi connectivity index (χ2v) is 6.32. The average Bonchev–Trinajstić information content (AvgIpc) is 2.96. The summed E-state index contributed by atoms with van der Waals surface area (Å²) in [7, 11) is 1.77. The van der Waals surface area contributed by atoms with E-state index < -0.39 is 0 Å². The number of benzene rings is 1. The van der Waals surface area contributed by atoms with Gasteiger partial charge in [0.15, 0.2) is 11.5 Å². The number of ether oxygens (including phenoxy) is 2. The summed E-state index contributed by atoms with van der Waals surface area (Å²) < 4.78 is 16.7. The molecular formula is C20H28N2O4. The van der Waals surface area contributed by atoms with Crippen LogP contribution in [0.2, 0.25) is 0 Å². The topological polar surface area (TPSA) is 64.8 Å². The number of amides is 1. The first-order valence-electron chi connectivity index (χ1n) is 9.04. The first-order valence-corrected chi connectivity index (χ1v) is 9.04. The standard InChI is InChI=1S/C20H28N2O4/c1-6-10-24-18-9-8-16(12-19(18)25-11-7-2)20(23)22(5)13-17-14(3)21-26-15(17)4/h8-9,12H,6-7,10-11,13H2,1-5H3. The third-order valence-corrected chi connectivity index (χ3v) is 4.04. The highest BCUT2D eigenvalue weighted by Gasteiger charge is 2.18. The quantitative estimate of drug-likeness (QED) is 0.672. The number of aromatic nitrogens is 1. The zero-order chi connectivity index (χ0) is 19.1. The minimum Gasteiger partial charge on any atom is -0.490 e. The van der Waals surface area contributed by atoms with Crippen molar-refractivity contribution >= 4 is 5.91 Å². The maximum atomic E-state index is 12.8. The Labute approximate surface area is 155 Å². The van der Waals surface area contributed by atoms with E-state index in [1.807, 2.05) is 27.7 Å². The fourth-order valence-corrected chi connectivity index (χ4v) is 2.55. The van der Waals surface area contributed by atoms with Gasteiger partial charge in [0.1, 0.15) is 5.76 Å². The van der Waals surface area contributed by atoms with Gasteiger partial charge in [0.25, 0.3) is 5.91 Å². The van der Waals surface area contributed by atoms with E-state index in [0.717, 1.165) is 29.9 Å². The van der Waals surface area contributed by atoms with E-state index >= 15 is 0 Å². The van der Waals surface area contributed by atoms with Crippen molar-refractivity contribution in [3.63, 3.8) is 0 Å².